The van der Waals surface area contributed by atoms with Crippen molar-refractivity contribution in [3.63, 3.8) is 0 Å². The van der Waals surface area contributed by atoms with Gasteiger partial charge < -0.3 is 9.84 Å². The fourth-order valence-electron chi connectivity index (χ4n) is 2.65. The van der Waals surface area contributed by atoms with Crippen molar-refractivity contribution in [1.29, 1.82) is 0 Å². The Morgan fingerprint density at radius 3 is 2.77 bits per heavy atom. The first-order chi connectivity index (χ1) is 10.6. The van der Waals surface area contributed by atoms with Gasteiger partial charge in [0.25, 0.3) is 0 Å². The topological polar surface area (TPSA) is 29.5 Å². The van der Waals surface area contributed by atoms with Crippen LogP contribution in [0.5, 0.6) is 0 Å². The van der Waals surface area contributed by atoms with E-state index < -0.39 is 11.2 Å². The van der Waals surface area contributed by atoms with Gasteiger partial charge in [-0.15, -0.1) is 29.1 Å². The molecule has 2 aromatic rings. The molecule has 0 saturated heterocycles. The Labute approximate surface area is 138 Å². The van der Waals surface area contributed by atoms with Crippen molar-refractivity contribution in [2.45, 2.75) is 17.6 Å². The Morgan fingerprint density at radius 2 is 2.18 bits per heavy atom. The molecule has 4 heteroatoms. The first kappa shape index (κ1) is 15.3. The standard InChI is InChI=1S/C18H16O2S2/c1-3-18(19,17(20-2)11-5-4-6-12-17)16-10-9-15(22-16)14-8-7-13-21-14/h1,4-11,13,19H,12H2,2H3. The van der Waals surface area contributed by atoms with E-state index in [1.165, 1.54) is 16.2 Å². The van der Waals surface area contributed by atoms with E-state index in [1.807, 2.05) is 47.9 Å². The number of hydrogen-bond donors (Lipinski definition) is 1. The second kappa shape index (κ2) is 5.86. The fraction of sp³-hybridized carbons (Fsp3) is 0.222. The lowest BCUT2D eigenvalue weighted by Gasteiger charge is -2.41. The lowest BCUT2D eigenvalue weighted by atomic mass is 9.77. The number of aliphatic hydroxyl groups is 1. The third-order valence-corrected chi connectivity index (χ3v) is 6.21. The molecule has 0 saturated carbocycles. The average molecular weight is 328 g/mol. The number of hydrogen-bond acceptors (Lipinski definition) is 4. The molecule has 2 aromatic heterocycles. The molecule has 0 amide bonds. The second-order valence-corrected chi connectivity index (χ2v) is 7.11. The van der Waals surface area contributed by atoms with Crippen molar-refractivity contribution in [1.82, 2.24) is 0 Å². The van der Waals surface area contributed by atoms with Gasteiger partial charge in [0.1, 0.15) is 5.60 Å². The quantitative estimate of drug-likeness (QED) is 0.853. The molecule has 3 rings (SSSR count). The lowest BCUT2D eigenvalue weighted by molar-refractivity contribution is -0.111. The van der Waals surface area contributed by atoms with Gasteiger partial charge in [0.2, 0.25) is 0 Å². The number of methoxy groups -OCH3 is 1. The normalized spacial score (nSPS) is 23.1. The van der Waals surface area contributed by atoms with Crippen molar-refractivity contribution in [2.24, 2.45) is 0 Å². The minimum absolute atomic E-state index is 0.535. The molecular formula is C18H16O2S2. The zero-order valence-electron chi connectivity index (χ0n) is 12.2. The van der Waals surface area contributed by atoms with E-state index in [9.17, 15) is 5.11 Å². The SMILES string of the molecule is C#CC(O)(c1ccc(-c2cccs2)s1)C1(OC)C=CC=CC1. The maximum atomic E-state index is 11.2. The maximum absolute atomic E-state index is 11.2. The number of terminal acetylenes is 1. The van der Waals surface area contributed by atoms with Crippen LogP contribution < -0.4 is 0 Å². The highest BCUT2D eigenvalue weighted by Gasteiger charge is 2.50. The summed E-state index contributed by atoms with van der Waals surface area (Å²) in [6, 6.07) is 7.97. The van der Waals surface area contributed by atoms with Crippen molar-refractivity contribution in [3.05, 3.63) is 58.8 Å². The summed E-state index contributed by atoms with van der Waals surface area (Å²) in [4.78, 5) is 2.99. The molecule has 112 valence electrons. The Balaban J connectivity index is 2.05. The molecule has 2 nitrogen and oxygen atoms in total. The van der Waals surface area contributed by atoms with Gasteiger partial charge in [0.15, 0.2) is 5.60 Å². The molecule has 2 heterocycles. The predicted molar refractivity (Wildman–Crippen MR) is 93.0 cm³/mol. The van der Waals surface area contributed by atoms with Gasteiger partial charge in [-0.3, -0.25) is 0 Å². The van der Waals surface area contributed by atoms with Crippen LogP contribution in [0, 0.1) is 12.3 Å². The van der Waals surface area contributed by atoms with E-state index in [0.717, 1.165) is 9.75 Å². The molecule has 2 unspecified atom stereocenters. The van der Waals surface area contributed by atoms with Crippen LogP contribution >= 0.6 is 22.7 Å². The van der Waals surface area contributed by atoms with Crippen molar-refractivity contribution >= 4 is 22.7 Å². The molecule has 0 bridgehead atoms. The van der Waals surface area contributed by atoms with E-state index in [0.29, 0.717) is 6.42 Å². The highest BCUT2D eigenvalue weighted by Crippen LogP contribution is 2.45. The van der Waals surface area contributed by atoms with Crippen molar-refractivity contribution in [3.8, 4) is 22.1 Å². The summed E-state index contributed by atoms with van der Waals surface area (Å²) in [7, 11) is 1.58. The number of allylic oxidation sites excluding steroid dienone is 2. The fourth-order valence-corrected chi connectivity index (χ4v) is 4.62. The molecule has 0 radical (unpaired) electrons. The third-order valence-electron chi connectivity index (χ3n) is 3.95. The molecule has 0 aromatic carbocycles. The van der Waals surface area contributed by atoms with Crippen LogP contribution in [0.2, 0.25) is 0 Å². The summed E-state index contributed by atoms with van der Waals surface area (Å²) in [5.74, 6) is 2.57. The monoisotopic (exact) mass is 328 g/mol. The third kappa shape index (κ3) is 2.27. The van der Waals surface area contributed by atoms with Gasteiger partial charge in [-0.05, 0) is 29.7 Å². The minimum atomic E-state index is -1.50. The summed E-state index contributed by atoms with van der Waals surface area (Å²) in [6.07, 6.45) is 13.9. The summed E-state index contributed by atoms with van der Waals surface area (Å²) < 4.78 is 5.67. The number of thiophene rings is 2. The molecule has 1 aliphatic rings. The minimum Gasteiger partial charge on any atom is -0.370 e. The van der Waals surface area contributed by atoms with Crippen LogP contribution in [0.25, 0.3) is 9.75 Å². The van der Waals surface area contributed by atoms with E-state index in [2.05, 4.69) is 12.0 Å². The van der Waals surface area contributed by atoms with Gasteiger partial charge >= 0.3 is 0 Å². The van der Waals surface area contributed by atoms with Gasteiger partial charge in [0.05, 0.1) is 4.88 Å². The van der Waals surface area contributed by atoms with E-state index in [-0.39, 0.29) is 0 Å². The van der Waals surface area contributed by atoms with Crippen LogP contribution in [0.3, 0.4) is 0 Å². The summed E-state index contributed by atoms with van der Waals surface area (Å²) in [6.45, 7) is 0. The zero-order valence-corrected chi connectivity index (χ0v) is 13.8. The van der Waals surface area contributed by atoms with Crippen molar-refractivity contribution < 1.29 is 9.84 Å². The van der Waals surface area contributed by atoms with Crippen LogP contribution in [-0.2, 0) is 10.3 Å². The Morgan fingerprint density at radius 1 is 1.32 bits per heavy atom. The zero-order chi connectivity index (χ0) is 15.6. The van der Waals surface area contributed by atoms with E-state index >= 15 is 0 Å². The largest absolute Gasteiger partial charge is 0.370 e. The highest BCUT2D eigenvalue weighted by molar-refractivity contribution is 7.21. The molecule has 0 fully saturated rings. The molecule has 1 N–H and O–H groups in total. The van der Waals surface area contributed by atoms with Gasteiger partial charge in [0, 0.05) is 23.3 Å². The molecule has 2 atom stereocenters. The van der Waals surface area contributed by atoms with Gasteiger partial charge in [-0.2, -0.15) is 0 Å². The maximum Gasteiger partial charge on any atom is 0.193 e. The van der Waals surface area contributed by atoms with Gasteiger partial charge in [-0.25, -0.2) is 0 Å². The Bertz CT molecular complexity index is 748. The van der Waals surface area contributed by atoms with E-state index in [4.69, 9.17) is 11.2 Å². The van der Waals surface area contributed by atoms with Crippen molar-refractivity contribution in [2.75, 3.05) is 7.11 Å². The summed E-state index contributed by atoms with van der Waals surface area (Å²) in [5.41, 5.74) is -2.43. The predicted octanol–water partition coefficient (Wildman–Crippen LogP) is 4.20. The molecule has 22 heavy (non-hydrogen) atoms. The molecule has 0 aliphatic heterocycles. The van der Waals surface area contributed by atoms with Gasteiger partial charge in [-0.1, -0.05) is 30.2 Å². The van der Waals surface area contributed by atoms with E-state index in [1.54, 1.807) is 18.4 Å². The second-order valence-electron chi connectivity index (χ2n) is 5.08. The van der Waals surface area contributed by atoms with Crippen LogP contribution in [0.4, 0.5) is 0 Å². The smallest absolute Gasteiger partial charge is 0.193 e. The first-order valence-electron chi connectivity index (χ1n) is 6.89. The lowest BCUT2D eigenvalue weighted by Crippen LogP contribution is -2.50. The average Bonchev–Trinajstić information content (AvgIpc) is 3.25. The number of rotatable bonds is 4. The first-order valence-corrected chi connectivity index (χ1v) is 8.59. The number of ether oxygens (including phenoxy) is 1. The van der Waals surface area contributed by atoms with Crippen LogP contribution in [-0.4, -0.2) is 17.8 Å². The Hall–Kier alpha value is -1.64. The highest BCUT2D eigenvalue weighted by atomic mass is 32.1. The Kier molecular flexibility index (Phi) is 4.07. The summed E-state index contributed by atoms with van der Waals surface area (Å²) in [5, 5.41) is 13.3. The molecule has 1 aliphatic carbocycles. The molecule has 0 spiro atoms. The summed E-state index contributed by atoms with van der Waals surface area (Å²) >= 11 is 3.18. The molecular weight excluding hydrogens is 312 g/mol. The van der Waals surface area contributed by atoms with Crippen LogP contribution in [0.1, 0.15) is 11.3 Å². The van der Waals surface area contributed by atoms with Crippen LogP contribution in [0.15, 0.2) is 53.9 Å².